The molecule has 0 atom stereocenters. The van der Waals surface area contributed by atoms with Gasteiger partial charge in [0.05, 0.1) is 25.3 Å². The lowest BCUT2D eigenvalue weighted by Gasteiger charge is -2.12. The van der Waals surface area contributed by atoms with Crippen molar-refractivity contribution in [1.82, 2.24) is 0 Å². The van der Waals surface area contributed by atoms with E-state index in [9.17, 15) is 22.8 Å². The van der Waals surface area contributed by atoms with Gasteiger partial charge >= 0.3 is 12.1 Å². The van der Waals surface area contributed by atoms with E-state index < -0.39 is 29.2 Å². The summed E-state index contributed by atoms with van der Waals surface area (Å²) < 4.78 is 50.1. The Balaban J connectivity index is 1.98. The van der Waals surface area contributed by atoms with E-state index in [1.165, 1.54) is 38.5 Å². The highest BCUT2D eigenvalue weighted by molar-refractivity contribution is 7.21. The van der Waals surface area contributed by atoms with Gasteiger partial charge in [0, 0.05) is 15.8 Å². The number of benzene rings is 2. The van der Waals surface area contributed by atoms with Crippen molar-refractivity contribution in [3.63, 3.8) is 0 Å². The second-order valence-electron chi connectivity index (χ2n) is 5.66. The van der Waals surface area contributed by atoms with Gasteiger partial charge in [-0.2, -0.15) is 13.2 Å². The average molecular weight is 409 g/mol. The molecule has 0 unspecified atom stereocenters. The van der Waals surface area contributed by atoms with Crippen molar-refractivity contribution in [2.45, 2.75) is 6.18 Å². The minimum absolute atomic E-state index is 0.255. The number of halogens is 3. The number of fused-ring (bicyclic) bond motifs is 1. The van der Waals surface area contributed by atoms with Gasteiger partial charge in [-0.3, -0.25) is 4.79 Å². The first-order chi connectivity index (χ1) is 13.3. The molecule has 0 saturated carbocycles. The van der Waals surface area contributed by atoms with Crippen LogP contribution in [0, 0.1) is 0 Å². The third-order valence-electron chi connectivity index (χ3n) is 3.95. The van der Waals surface area contributed by atoms with Crippen molar-refractivity contribution >= 4 is 39.0 Å². The number of hydrogen-bond acceptors (Lipinski definition) is 5. The predicted molar refractivity (Wildman–Crippen MR) is 99.1 cm³/mol. The van der Waals surface area contributed by atoms with E-state index in [0.29, 0.717) is 10.1 Å². The van der Waals surface area contributed by atoms with Crippen LogP contribution in [-0.4, -0.2) is 26.1 Å². The summed E-state index contributed by atoms with van der Waals surface area (Å²) in [4.78, 5) is 24.5. The van der Waals surface area contributed by atoms with Crippen molar-refractivity contribution in [2.75, 3.05) is 19.5 Å². The molecule has 3 aromatic rings. The maximum absolute atomic E-state index is 13.1. The van der Waals surface area contributed by atoms with Gasteiger partial charge in [0.2, 0.25) is 0 Å². The fourth-order valence-corrected chi connectivity index (χ4v) is 3.78. The molecule has 0 aliphatic rings. The third-order valence-corrected chi connectivity index (χ3v) is 5.08. The Morgan fingerprint density at radius 2 is 1.79 bits per heavy atom. The Hall–Kier alpha value is -3.07. The number of alkyl halides is 3. The molecule has 0 saturated heterocycles. The quantitative estimate of drug-likeness (QED) is 0.618. The number of hydrogen-bond donors (Lipinski definition) is 1. The van der Waals surface area contributed by atoms with Crippen molar-refractivity contribution in [1.29, 1.82) is 0 Å². The van der Waals surface area contributed by atoms with Gasteiger partial charge in [-0.15, -0.1) is 11.3 Å². The number of rotatable bonds is 4. The molecule has 0 radical (unpaired) electrons. The summed E-state index contributed by atoms with van der Waals surface area (Å²) in [6, 6.07) is 9.24. The first-order valence-corrected chi connectivity index (χ1v) is 8.74. The van der Waals surface area contributed by atoms with Crippen molar-refractivity contribution in [2.24, 2.45) is 0 Å². The van der Waals surface area contributed by atoms with Crippen molar-refractivity contribution in [3.8, 4) is 5.75 Å². The molecule has 1 amide bonds. The normalized spacial score (nSPS) is 11.3. The van der Waals surface area contributed by atoms with E-state index in [2.05, 4.69) is 5.32 Å². The zero-order valence-corrected chi connectivity index (χ0v) is 15.5. The summed E-state index contributed by atoms with van der Waals surface area (Å²) in [5.74, 6) is -1.18. The predicted octanol–water partition coefficient (Wildman–Crippen LogP) is 4.97. The van der Waals surface area contributed by atoms with E-state index in [1.54, 1.807) is 6.07 Å². The zero-order chi connectivity index (χ0) is 20.5. The van der Waals surface area contributed by atoms with Crippen LogP contribution in [0.25, 0.3) is 10.1 Å². The fourth-order valence-electron chi connectivity index (χ4n) is 2.71. The maximum Gasteiger partial charge on any atom is 0.417 e. The topological polar surface area (TPSA) is 64.6 Å². The van der Waals surface area contributed by atoms with Gasteiger partial charge in [0.25, 0.3) is 5.91 Å². The molecule has 0 aliphatic heterocycles. The number of esters is 1. The summed E-state index contributed by atoms with van der Waals surface area (Å²) >= 11 is 1.15. The molecule has 5 nitrogen and oxygen atoms in total. The van der Waals surface area contributed by atoms with Crippen LogP contribution in [0.4, 0.5) is 18.9 Å². The minimum atomic E-state index is -4.65. The Bertz CT molecular complexity index is 1060. The number of anilines is 1. The lowest BCUT2D eigenvalue weighted by molar-refractivity contribution is -0.137. The summed E-state index contributed by atoms with van der Waals surface area (Å²) in [6.07, 6.45) is -4.65. The number of carbonyl (C=O) groups excluding carboxylic acids is 2. The molecule has 0 bridgehead atoms. The molecular weight excluding hydrogens is 395 g/mol. The van der Waals surface area contributed by atoms with Crippen molar-refractivity contribution < 1.29 is 32.2 Å². The molecule has 0 aliphatic carbocycles. The molecule has 1 heterocycles. The second-order valence-corrected chi connectivity index (χ2v) is 6.72. The molecular formula is C19H14F3NO4S. The molecule has 28 heavy (non-hydrogen) atoms. The standard InChI is InChI=1S/C19H14F3NO4S/c1-26-15-12-9-10(7-8-14(12)28-16(15)18(25)27-2)23-17(24)11-5-3-4-6-13(11)19(20,21)22/h3-9H,1-2H3,(H,23,24). The average Bonchev–Trinajstić information content (AvgIpc) is 3.04. The molecule has 2 aromatic carbocycles. The van der Waals surface area contributed by atoms with Gasteiger partial charge in [0.15, 0.2) is 10.6 Å². The summed E-state index contributed by atoms with van der Waals surface area (Å²) in [6.45, 7) is 0. The van der Waals surface area contributed by atoms with Crippen LogP contribution in [0.2, 0.25) is 0 Å². The smallest absolute Gasteiger partial charge is 0.417 e. The number of nitrogens with one attached hydrogen (secondary N) is 1. The number of ether oxygens (including phenoxy) is 2. The molecule has 0 fully saturated rings. The van der Waals surface area contributed by atoms with Crippen LogP contribution in [-0.2, 0) is 10.9 Å². The van der Waals surface area contributed by atoms with Crippen LogP contribution >= 0.6 is 11.3 Å². The molecule has 1 aromatic heterocycles. The van der Waals surface area contributed by atoms with Crippen LogP contribution in [0.3, 0.4) is 0 Å². The van der Waals surface area contributed by atoms with Gasteiger partial charge in [0.1, 0.15) is 0 Å². The number of amides is 1. The van der Waals surface area contributed by atoms with Crippen LogP contribution < -0.4 is 10.1 Å². The summed E-state index contributed by atoms with van der Waals surface area (Å²) in [5, 5.41) is 3.00. The van der Waals surface area contributed by atoms with Crippen molar-refractivity contribution in [3.05, 3.63) is 58.5 Å². The largest absolute Gasteiger partial charge is 0.494 e. The minimum Gasteiger partial charge on any atom is -0.494 e. The summed E-state index contributed by atoms with van der Waals surface area (Å²) in [5.41, 5.74) is -1.24. The molecule has 146 valence electrons. The first kappa shape index (κ1) is 19.7. The van der Waals surface area contributed by atoms with Crippen LogP contribution in [0.5, 0.6) is 5.75 Å². The molecule has 0 spiro atoms. The maximum atomic E-state index is 13.1. The first-order valence-electron chi connectivity index (χ1n) is 7.92. The Labute approximate surface area is 161 Å². The van der Waals surface area contributed by atoms with Gasteiger partial charge < -0.3 is 14.8 Å². The van der Waals surface area contributed by atoms with Crippen LogP contribution in [0.1, 0.15) is 25.6 Å². The van der Waals surface area contributed by atoms with E-state index in [-0.39, 0.29) is 16.3 Å². The van der Waals surface area contributed by atoms with Gasteiger partial charge in [-0.05, 0) is 30.3 Å². The van der Waals surface area contributed by atoms with E-state index in [1.807, 2.05) is 0 Å². The monoisotopic (exact) mass is 409 g/mol. The fraction of sp³-hybridized carbons (Fsp3) is 0.158. The lowest BCUT2D eigenvalue weighted by atomic mass is 10.1. The van der Waals surface area contributed by atoms with Crippen LogP contribution in [0.15, 0.2) is 42.5 Å². The molecule has 3 rings (SSSR count). The van der Waals surface area contributed by atoms with E-state index in [0.717, 1.165) is 23.5 Å². The second kappa shape index (κ2) is 7.51. The zero-order valence-electron chi connectivity index (χ0n) is 14.7. The Morgan fingerprint density at radius 1 is 1.07 bits per heavy atom. The third kappa shape index (κ3) is 3.65. The van der Waals surface area contributed by atoms with E-state index in [4.69, 9.17) is 9.47 Å². The number of carbonyl (C=O) groups is 2. The van der Waals surface area contributed by atoms with Gasteiger partial charge in [-0.1, -0.05) is 12.1 Å². The highest BCUT2D eigenvalue weighted by atomic mass is 32.1. The number of thiophene rings is 1. The molecule has 1 N–H and O–H groups in total. The highest BCUT2D eigenvalue weighted by Crippen LogP contribution is 2.39. The highest BCUT2D eigenvalue weighted by Gasteiger charge is 2.34. The number of methoxy groups -OCH3 is 2. The SMILES string of the molecule is COC(=O)c1sc2ccc(NC(=O)c3ccccc3C(F)(F)F)cc2c1OC. The lowest BCUT2D eigenvalue weighted by Crippen LogP contribution is -2.18. The van der Waals surface area contributed by atoms with E-state index >= 15 is 0 Å². The van der Waals surface area contributed by atoms with Gasteiger partial charge in [-0.25, -0.2) is 4.79 Å². The Kier molecular flexibility index (Phi) is 5.28. The summed E-state index contributed by atoms with van der Waals surface area (Å²) in [7, 11) is 2.63. The Morgan fingerprint density at radius 3 is 2.43 bits per heavy atom. The molecule has 9 heteroatoms.